The molecule has 1 fully saturated rings. The summed E-state index contributed by atoms with van der Waals surface area (Å²) in [5.41, 5.74) is 2.23. The number of benzene rings is 1. The highest BCUT2D eigenvalue weighted by Gasteiger charge is 2.26. The van der Waals surface area contributed by atoms with E-state index in [0.717, 1.165) is 18.4 Å². The van der Waals surface area contributed by atoms with E-state index >= 15 is 0 Å². The lowest BCUT2D eigenvalue weighted by atomic mass is 9.91. The Morgan fingerprint density at radius 3 is 2.58 bits per heavy atom. The maximum atomic E-state index is 12.1. The Labute approximate surface area is 114 Å². The van der Waals surface area contributed by atoms with Gasteiger partial charge in [0.1, 0.15) is 0 Å². The predicted octanol–water partition coefficient (Wildman–Crippen LogP) is 2.38. The quantitative estimate of drug-likeness (QED) is 0.825. The zero-order chi connectivity index (χ0) is 13.7. The maximum Gasteiger partial charge on any atom is 0.246 e. The summed E-state index contributed by atoms with van der Waals surface area (Å²) in [4.78, 5) is 13.9. The maximum absolute atomic E-state index is 12.1. The molecule has 3 heteroatoms. The van der Waals surface area contributed by atoms with Gasteiger partial charge >= 0.3 is 0 Å². The van der Waals surface area contributed by atoms with Crippen molar-refractivity contribution in [1.82, 2.24) is 4.90 Å². The van der Waals surface area contributed by atoms with Gasteiger partial charge in [0.2, 0.25) is 5.91 Å². The van der Waals surface area contributed by atoms with E-state index < -0.39 is 0 Å². The van der Waals surface area contributed by atoms with Crippen molar-refractivity contribution in [2.45, 2.75) is 32.2 Å². The lowest BCUT2D eigenvalue weighted by Gasteiger charge is -2.36. The lowest BCUT2D eigenvalue weighted by molar-refractivity contribution is -0.130. The summed E-state index contributed by atoms with van der Waals surface area (Å²) in [5, 5.41) is 9.05. The summed E-state index contributed by atoms with van der Waals surface area (Å²) in [6.45, 7) is 2.50. The van der Waals surface area contributed by atoms with E-state index in [4.69, 9.17) is 5.11 Å². The third-order valence-electron chi connectivity index (χ3n) is 3.64. The van der Waals surface area contributed by atoms with E-state index in [1.54, 1.807) is 11.0 Å². The molecule has 0 aromatic heterocycles. The van der Waals surface area contributed by atoms with E-state index in [-0.39, 0.29) is 12.5 Å². The van der Waals surface area contributed by atoms with Gasteiger partial charge in [0, 0.05) is 18.7 Å². The van der Waals surface area contributed by atoms with Gasteiger partial charge in [-0.05, 0) is 37.8 Å². The van der Waals surface area contributed by atoms with Crippen LogP contribution in [0.3, 0.4) is 0 Å². The van der Waals surface area contributed by atoms with Gasteiger partial charge in [0.15, 0.2) is 0 Å². The summed E-state index contributed by atoms with van der Waals surface area (Å²) < 4.78 is 0. The predicted molar refractivity (Wildman–Crippen MR) is 76.7 cm³/mol. The minimum Gasteiger partial charge on any atom is -0.395 e. The van der Waals surface area contributed by atoms with Crippen LogP contribution in [0.1, 0.15) is 30.4 Å². The largest absolute Gasteiger partial charge is 0.395 e. The van der Waals surface area contributed by atoms with Crippen LogP contribution in [0, 0.1) is 6.92 Å². The number of aliphatic hydroxyl groups is 1. The second-order valence-electron chi connectivity index (χ2n) is 5.08. The fourth-order valence-corrected chi connectivity index (χ4v) is 2.22. The van der Waals surface area contributed by atoms with Crippen LogP contribution in [0.15, 0.2) is 30.3 Å². The molecule has 1 amide bonds. The van der Waals surface area contributed by atoms with Crippen molar-refractivity contribution in [2.24, 2.45) is 0 Å². The lowest BCUT2D eigenvalue weighted by Crippen LogP contribution is -2.44. The first-order valence-electron chi connectivity index (χ1n) is 6.87. The molecule has 1 saturated carbocycles. The van der Waals surface area contributed by atoms with Crippen LogP contribution >= 0.6 is 0 Å². The Morgan fingerprint density at radius 2 is 2.05 bits per heavy atom. The minimum absolute atomic E-state index is 0.000625. The molecule has 0 heterocycles. The Kier molecular flexibility index (Phi) is 4.74. The molecule has 0 saturated heterocycles. The van der Waals surface area contributed by atoms with E-state index in [9.17, 15) is 4.79 Å². The minimum atomic E-state index is -0.000625. The zero-order valence-corrected chi connectivity index (χ0v) is 11.4. The standard InChI is InChI=1S/C16H21NO2/c1-13-5-7-14(8-6-13)9-10-16(19)17(11-12-18)15-3-2-4-15/h5-10,15,18H,2-4,11-12H2,1H3/b10-9+. The fraction of sp³-hybridized carbons (Fsp3) is 0.438. The molecule has 0 radical (unpaired) electrons. The molecule has 1 N–H and O–H groups in total. The summed E-state index contributed by atoms with van der Waals surface area (Å²) in [6.07, 6.45) is 6.75. The van der Waals surface area contributed by atoms with Crippen molar-refractivity contribution >= 4 is 12.0 Å². The third-order valence-corrected chi connectivity index (χ3v) is 3.64. The summed E-state index contributed by atoms with van der Waals surface area (Å²) in [5.74, 6) is -0.000625. The number of aryl methyl sites for hydroxylation is 1. The highest BCUT2D eigenvalue weighted by atomic mass is 16.3. The Hall–Kier alpha value is -1.61. The van der Waals surface area contributed by atoms with Gasteiger partial charge < -0.3 is 10.0 Å². The number of aliphatic hydroxyl groups excluding tert-OH is 1. The first kappa shape index (κ1) is 13.8. The molecule has 3 nitrogen and oxygen atoms in total. The van der Waals surface area contributed by atoms with Crippen LogP contribution in [-0.2, 0) is 4.79 Å². The second-order valence-corrected chi connectivity index (χ2v) is 5.08. The fourth-order valence-electron chi connectivity index (χ4n) is 2.22. The number of rotatable bonds is 5. The molecular formula is C16H21NO2. The smallest absolute Gasteiger partial charge is 0.246 e. The van der Waals surface area contributed by atoms with Crippen molar-refractivity contribution in [2.75, 3.05) is 13.2 Å². The second kappa shape index (κ2) is 6.53. The van der Waals surface area contributed by atoms with E-state index in [0.29, 0.717) is 12.6 Å². The molecule has 2 rings (SSSR count). The molecule has 0 spiro atoms. The van der Waals surface area contributed by atoms with Crippen LogP contribution in [0.25, 0.3) is 6.08 Å². The number of hydrogen-bond acceptors (Lipinski definition) is 2. The number of hydrogen-bond donors (Lipinski definition) is 1. The Bertz CT molecular complexity index is 446. The van der Waals surface area contributed by atoms with Crippen LogP contribution in [-0.4, -0.2) is 35.1 Å². The normalized spacial score (nSPS) is 15.5. The zero-order valence-electron chi connectivity index (χ0n) is 11.4. The van der Waals surface area contributed by atoms with Crippen LogP contribution in [0.5, 0.6) is 0 Å². The highest BCUT2D eigenvalue weighted by Crippen LogP contribution is 2.24. The molecule has 0 atom stereocenters. The Balaban J connectivity index is 1.99. The average Bonchev–Trinajstić information content (AvgIpc) is 2.35. The monoisotopic (exact) mass is 259 g/mol. The van der Waals surface area contributed by atoms with E-state index in [1.807, 2.05) is 37.3 Å². The SMILES string of the molecule is Cc1ccc(/C=C/C(=O)N(CCO)C2CCC2)cc1. The van der Waals surface area contributed by atoms with Gasteiger partial charge in [-0.1, -0.05) is 29.8 Å². The summed E-state index contributed by atoms with van der Waals surface area (Å²) >= 11 is 0. The van der Waals surface area contributed by atoms with Crippen molar-refractivity contribution in [3.05, 3.63) is 41.5 Å². The molecule has 1 aromatic rings. The molecule has 1 aliphatic carbocycles. The number of amides is 1. The van der Waals surface area contributed by atoms with E-state index in [1.165, 1.54) is 12.0 Å². The van der Waals surface area contributed by atoms with Gasteiger partial charge in [-0.25, -0.2) is 0 Å². The molecular weight excluding hydrogens is 238 g/mol. The molecule has 0 aliphatic heterocycles. The van der Waals surface area contributed by atoms with Gasteiger partial charge in [-0.15, -0.1) is 0 Å². The number of carbonyl (C=O) groups is 1. The molecule has 102 valence electrons. The Morgan fingerprint density at radius 1 is 1.37 bits per heavy atom. The average molecular weight is 259 g/mol. The van der Waals surface area contributed by atoms with Crippen LogP contribution < -0.4 is 0 Å². The van der Waals surface area contributed by atoms with Crippen molar-refractivity contribution in [3.63, 3.8) is 0 Å². The van der Waals surface area contributed by atoms with Crippen LogP contribution in [0.2, 0.25) is 0 Å². The van der Waals surface area contributed by atoms with Crippen molar-refractivity contribution in [1.29, 1.82) is 0 Å². The first-order chi connectivity index (χ1) is 9.20. The first-order valence-corrected chi connectivity index (χ1v) is 6.87. The topological polar surface area (TPSA) is 40.5 Å². The molecule has 1 aromatic carbocycles. The van der Waals surface area contributed by atoms with Gasteiger partial charge in [0.05, 0.1) is 6.61 Å². The highest BCUT2D eigenvalue weighted by molar-refractivity contribution is 5.92. The molecule has 1 aliphatic rings. The number of nitrogens with zero attached hydrogens (tertiary/aromatic N) is 1. The third kappa shape index (κ3) is 3.67. The van der Waals surface area contributed by atoms with E-state index in [2.05, 4.69) is 0 Å². The molecule has 0 bridgehead atoms. The number of carbonyl (C=O) groups excluding carboxylic acids is 1. The summed E-state index contributed by atoms with van der Waals surface area (Å²) in [6, 6.07) is 8.38. The molecule has 19 heavy (non-hydrogen) atoms. The van der Waals surface area contributed by atoms with Crippen LogP contribution in [0.4, 0.5) is 0 Å². The van der Waals surface area contributed by atoms with Gasteiger partial charge in [0.25, 0.3) is 0 Å². The summed E-state index contributed by atoms with van der Waals surface area (Å²) in [7, 11) is 0. The van der Waals surface area contributed by atoms with Gasteiger partial charge in [-0.2, -0.15) is 0 Å². The van der Waals surface area contributed by atoms with Gasteiger partial charge in [-0.3, -0.25) is 4.79 Å². The van der Waals surface area contributed by atoms with Crippen molar-refractivity contribution < 1.29 is 9.90 Å². The molecule has 0 unspecified atom stereocenters. The van der Waals surface area contributed by atoms with Crippen molar-refractivity contribution in [3.8, 4) is 0 Å².